The Hall–Kier alpha value is -2.21. The van der Waals surface area contributed by atoms with E-state index in [2.05, 4.69) is 4.74 Å². The van der Waals surface area contributed by atoms with Crippen LogP contribution >= 0.6 is 12.4 Å². The van der Waals surface area contributed by atoms with Crippen molar-refractivity contribution >= 4 is 18.3 Å². The summed E-state index contributed by atoms with van der Waals surface area (Å²) in [6.07, 6.45) is -4.69. The summed E-state index contributed by atoms with van der Waals surface area (Å²) in [5.41, 5.74) is 2.22. The third kappa shape index (κ3) is 5.49. The van der Waals surface area contributed by atoms with Crippen LogP contribution in [0.2, 0.25) is 0 Å². The highest BCUT2D eigenvalue weighted by molar-refractivity contribution is 5.92. The Labute approximate surface area is 138 Å². The van der Waals surface area contributed by atoms with E-state index >= 15 is 0 Å². The maximum absolute atomic E-state index is 12.1. The Bertz CT molecular complexity index is 640. The average molecular weight is 346 g/mol. The highest BCUT2D eigenvalue weighted by atomic mass is 35.5. The van der Waals surface area contributed by atoms with Crippen LogP contribution in [0.15, 0.2) is 48.5 Å². The zero-order chi connectivity index (χ0) is 16.2. The molecule has 0 aliphatic heterocycles. The second-order valence-electron chi connectivity index (χ2n) is 4.41. The fourth-order valence-corrected chi connectivity index (χ4v) is 1.89. The van der Waals surface area contributed by atoms with Crippen molar-refractivity contribution in [1.82, 2.24) is 0 Å². The standard InChI is InChI=1S/C16H14F3NO2.ClH/c1-2-21-15(20)13-5-3-11(4-6-13)12-7-9-14(10-8-12)22-16(17,18)19;/h3-10,20H,2H2,1H3;1H. The minimum Gasteiger partial charge on any atom is -0.478 e. The Morgan fingerprint density at radius 1 is 0.957 bits per heavy atom. The summed E-state index contributed by atoms with van der Waals surface area (Å²) in [4.78, 5) is 0. The molecule has 3 nitrogen and oxygen atoms in total. The molecule has 1 N–H and O–H groups in total. The summed E-state index contributed by atoms with van der Waals surface area (Å²) in [6.45, 7) is 2.22. The fraction of sp³-hybridized carbons (Fsp3) is 0.188. The van der Waals surface area contributed by atoms with E-state index in [1.54, 1.807) is 43.3 Å². The number of hydrogen-bond donors (Lipinski definition) is 1. The quantitative estimate of drug-likeness (QED) is 0.623. The van der Waals surface area contributed by atoms with Crippen LogP contribution in [0, 0.1) is 5.41 Å². The van der Waals surface area contributed by atoms with E-state index < -0.39 is 6.36 Å². The van der Waals surface area contributed by atoms with Crippen molar-refractivity contribution in [1.29, 1.82) is 5.41 Å². The minimum atomic E-state index is -4.69. The molecule has 7 heteroatoms. The lowest BCUT2D eigenvalue weighted by atomic mass is 10.0. The number of ether oxygens (including phenoxy) is 2. The van der Waals surface area contributed by atoms with Crippen molar-refractivity contribution in [2.24, 2.45) is 0 Å². The van der Waals surface area contributed by atoms with Gasteiger partial charge in [0.2, 0.25) is 5.90 Å². The summed E-state index contributed by atoms with van der Waals surface area (Å²) in [6, 6.07) is 12.6. The molecule has 2 aromatic carbocycles. The molecule has 0 aromatic heterocycles. The molecule has 0 aliphatic rings. The molecule has 0 spiro atoms. The van der Waals surface area contributed by atoms with E-state index in [1.165, 1.54) is 12.1 Å². The van der Waals surface area contributed by atoms with E-state index in [0.717, 1.165) is 11.1 Å². The van der Waals surface area contributed by atoms with Crippen LogP contribution in [0.3, 0.4) is 0 Å². The van der Waals surface area contributed by atoms with Gasteiger partial charge in [0.1, 0.15) is 5.75 Å². The molecule has 0 amide bonds. The zero-order valence-electron chi connectivity index (χ0n) is 12.2. The third-order valence-corrected chi connectivity index (χ3v) is 2.86. The molecule has 0 saturated heterocycles. The average Bonchev–Trinajstić information content (AvgIpc) is 2.47. The first-order valence-electron chi connectivity index (χ1n) is 6.57. The predicted octanol–water partition coefficient (Wildman–Crippen LogP) is 5.04. The second-order valence-corrected chi connectivity index (χ2v) is 4.41. The zero-order valence-corrected chi connectivity index (χ0v) is 13.0. The molecule has 0 bridgehead atoms. The van der Waals surface area contributed by atoms with Gasteiger partial charge in [0.15, 0.2) is 0 Å². The van der Waals surface area contributed by atoms with Crippen molar-refractivity contribution in [2.75, 3.05) is 6.61 Å². The molecule has 0 saturated carbocycles. The van der Waals surface area contributed by atoms with Crippen molar-refractivity contribution in [3.63, 3.8) is 0 Å². The lowest BCUT2D eigenvalue weighted by Crippen LogP contribution is -2.16. The highest BCUT2D eigenvalue weighted by Gasteiger charge is 2.30. The molecule has 23 heavy (non-hydrogen) atoms. The number of hydrogen-bond acceptors (Lipinski definition) is 3. The molecular weight excluding hydrogens is 331 g/mol. The van der Waals surface area contributed by atoms with Crippen LogP contribution in [0.1, 0.15) is 12.5 Å². The number of rotatable bonds is 4. The number of alkyl halides is 3. The molecule has 0 unspecified atom stereocenters. The maximum atomic E-state index is 12.1. The predicted molar refractivity (Wildman–Crippen MR) is 84.3 cm³/mol. The third-order valence-electron chi connectivity index (χ3n) is 2.86. The summed E-state index contributed by atoms with van der Waals surface area (Å²) >= 11 is 0. The van der Waals surface area contributed by atoms with Gasteiger partial charge in [0.25, 0.3) is 0 Å². The summed E-state index contributed by atoms with van der Waals surface area (Å²) in [5, 5.41) is 7.67. The summed E-state index contributed by atoms with van der Waals surface area (Å²) < 4.78 is 45.2. The normalized spacial score (nSPS) is 10.6. The van der Waals surface area contributed by atoms with Crippen LogP contribution in [0.5, 0.6) is 5.75 Å². The first-order valence-corrected chi connectivity index (χ1v) is 6.57. The van der Waals surface area contributed by atoms with Gasteiger partial charge >= 0.3 is 6.36 Å². The Morgan fingerprint density at radius 2 is 1.43 bits per heavy atom. The Kier molecular flexibility index (Phi) is 6.45. The van der Waals surface area contributed by atoms with E-state index in [9.17, 15) is 13.2 Å². The fourth-order valence-electron chi connectivity index (χ4n) is 1.89. The van der Waals surface area contributed by atoms with Gasteiger partial charge in [-0.3, -0.25) is 5.41 Å². The molecule has 0 fully saturated rings. The molecule has 0 aliphatic carbocycles. The van der Waals surface area contributed by atoms with Gasteiger partial charge in [0.05, 0.1) is 6.61 Å². The van der Waals surface area contributed by atoms with Gasteiger partial charge in [-0.1, -0.05) is 24.3 Å². The van der Waals surface area contributed by atoms with Gasteiger partial charge in [0, 0.05) is 5.56 Å². The largest absolute Gasteiger partial charge is 0.573 e. The van der Waals surface area contributed by atoms with Crippen LogP contribution in [0.25, 0.3) is 11.1 Å². The first-order chi connectivity index (χ1) is 10.4. The minimum absolute atomic E-state index is 0. The van der Waals surface area contributed by atoms with Crippen molar-refractivity contribution in [2.45, 2.75) is 13.3 Å². The summed E-state index contributed by atoms with van der Waals surface area (Å²) in [5.74, 6) is -0.172. The number of nitrogens with one attached hydrogen (secondary N) is 1. The van der Waals surface area contributed by atoms with Crippen molar-refractivity contribution in [3.05, 3.63) is 54.1 Å². The number of halogens is 4. The first kappa shape index (κ1) is 18.8. The van der Waals surface area contributed by atoms with Crippen LogP contribution in [-0.4, -0.2) is 18.9 Å². The Balaban J connectivity index is 0.00000264. The van der Waals surface area contributed by atoms with Crippen molar-refractivity contribution < 1.29 is 22.6 Å². The Morgan fingerprint density at radius 3 is 1.87 bits per heavy atom. The topological polar surface area (TPSA) is 42.3 Å². The van der Waals surface area contributed by atoms with E-state index in [1.807, 2.05) is 0 Å². The molecule has 0 heterocycles. The number of benzene rings is 2. The lowest BCUT2D eigenvalue weighted by Gasteiger charge is -2.10. The van der Waals surface area contributed by atoms with Gasteiger partial charge in [-0.05, 0) is 42.3 Å². The second kappa shape index (κ2) is 7.87. The van der Waals surface area contributed by atoms with Gasteiger partial charge in [-0.15, -0.1) is 25.6 Å². The SMILES string of the molecule is CCOC(=N)c1ccc(-c2ccc(OC(F)(F)F)cc2)cc1.Cl. The van der Waals surface area contributed by atoms with E-state index in [0.29, 0.717) is 12.2 Å². The maximum Gasteiger partial charge on any atom is 0.573 e. The van der Waals surface area contributed by atoms with Crippen LogP contribution in [0.4, 0.5) is 13.2 Å². The van der Waals surface area contributed by atoms with Gasteiger partial charge in [-0.2, -0.15) is 0 Å². The highest BCUT2D eigenvalue weighted by Crippen LogP contribution is 2.26. The van der Waals surface area contributed by atoms with Gasteiger partial charge < -0.3 is 9.47 Å². The van der Waals surface area contributed by atoms with Crippen molar-refractivity contribution in [3.8, 4) is 16.9 Å². The summed E-state index contributed by atoms with van der Waals surface area (Å²) in [7, 11) is 0. The molecule has 2 aromatic rings. The monoisotopic (exact) mass is 345 g/mol. The smallest absolute Gasteiger partial charge is 0.478 e. The van der Waals surface area contributed by atoms with Crippen LogP contribution < -0.4 is 4.74 Å². The molecule has 0 radical (unpaired) electrons. The molecule has 0 atom stereocenters. The van der Waals surface area contributed by atoms with Gasteiger partial charge in [-0.25, -0.2) is 0 Å². The molecular formula is C16H15ClF3NO2. The lowest BCUT2D eigenvalue weighted by molar-refractivity contribution is -0.274. The van der Waals surface area contributed by atoms with E-state index in [4.69, 9.17) is 10.1 Å². The van der Waals surface area contributed by atoms with E-state index in [-0.39, 0.29) is 24.1 Å². The van der Waals surface area contributed by atoms with Crippen LogP contribution in [-0.2, 0) is 4.74 Å². The molecule has 124 valence electrons. The molecule has 2 rings (SSSR count).